The highest BCUT2D eigenvalue weighted by Gasteiger charge is 2.31. The molecule has 96 valence electrons. The van der Waals surface area contributed by atoms with E-state index >= 15 is 0 Å². The maximum absolute atomic E-state index is 13.2. The van der Waals surface area contributed by atoms with Crippen molar-refractivity contribution in [3.63, 3.8) is 0 Å². The quantitative estimate of drug-likeness (QED) is 0.835. The maximum Gasteiger partial charge on any atom is 0.309 e. The Morgan fingerprint density at radius 1 is 1.33 bits per heavy atom. The molecule has 0 spiro atoms. The fraction of sp³-hybridized carbons (Fsp3) is 0.333. The average Bonchev–Trinajstić information content (AvgIpc) is 3.14. The van der Waals surface area contributed by atoms with Crippen molar-refractivity contribution < 1.29 is 23.1 Å². The van der Waals surface area contributed by atoms with E-state index in [1.807, 2.05) is 0 Å². The lowest BCUT2D eigenvalue weighted by atomic mass is 10.3. The normalized spacial score (nSPS) is 14.1. The van der Waals surface area contributed by atoms with Crippen LogP contribution in [-0.2, 0) is 14.3 Å². The van der Waals surface area contributed by atoms with Gasteiger partial charge in [-0.25, -0.2) is 8.78 Å². The first-order chi connectivity index (χ1) is 8.56. The molecule has 1 aliphatic carbocycles. The first-order valence-corrected chi connectivity index (χ1v) is 5.48. The van der Waals surface area contributed by atoms with Crippen molar-refractivity contribution >= 4 is 17.6 Å². The van der Waals surface area contributed by atoms with Crippen molar-refractivity contribution in [3.05, 3.63) is 29.8 Å². The monoisotopic (exact) mass is 255 g/mol. The Hall–Kier alpha value is -1.98. The Labute approximate surface area is 102 Å². The summed E-state index contributed by atoms with van der Waals surface area (Å²) in [5.41, 5.74) is -0.149. The van der Waals surface area contributed by atoms with Crippen LogP contribution in [0.2, 0.25) is 0 Å². The highest BCUT2D eigenvalue weighted by Crippen LogP contribution is 2.29. The Morgan fingerprint density at radius 2 is 2.06 bits per heavy atom. The SMILES string of the molecule is O=C(COC(=O)C1CC1)Nc1ccc(F)cc1F. The molecule has 2 rings (SSSR count). The standard InChI is InChI=1S/C12H11F2NO3/c13-8-3-4-10(9(14)5-8)15-11(16)6-18-12(17)7-1-2-7/h3-5,7H,1-2,6H2,(H,15,16). The Bertz CT molecular complexity index is 486. The highest BCUT2D eigenvalue weighted by molar-refractivity contribution is 5.93. The van der Waals surface area contributed by atoms with Gasteiger partial charge in [0, 0.05) is 6.07 Å². The molecule has 0 aromatic heterocycles. The molecule has 4 nitrogen and oxygen atoms in total. The molecule has 0 bridgehead atoms. The molecule has 1 N–H and O–H groups in total. The molecule has 0 saturated heterocycles. The lowest BCUT2D eigenvalue weighted by Gasteiger charge is -2.07. The van der Waals surface area contributed by atoms with Crippen molar-refractivity contribution in [2.75, 3.05) is 11.9 Å². The predicted octanol–water partition coefficient (Wildman–Crippen LogP) is 1.86. The number of hydrogen-bond donors (Lipinski definition) is 1. The van der Waals surface area contributed by atoms with E-state index in [1.54, 1.807) is 0 Å². The Balaban J connectivity index is 1.84. The molecule has 0 heterocycles. The number of benzene rings is 1. The molecule has 1 amide bonds. The number of hydrogen-bond acceptors (Lipinski definition) is 3. The summed E-state index contributed by atoms with van der Waals surface area (Å²) in [7, 11) is 0. The second-order valence-corrected chi connectivity index (χ2v) is 4.05. The molecular weight excluding hydrogens is 244 g/mol. The molecule has 6 heteroatoms. The largest absolute Gasteiger partial charge is 0.455 e. The van der Waals surface area contributed by atoms with Crippen LogP contribution in [0.15, 0.2) is 18.2 Å². The van der Waals surface area contributed by atoms with Crippen molar-refractivity contribution in [2.45, 2.75) is 12.8 Å². The number of esters is 1. The number of rotatable bonds is 4. The van der Waals surface area contributed by atoms with Gasteiger partial charge in [-0.3, -0.25) is 9.59 Å². The third-order valence-corrected chi connectivity index (χ3v) is 2.46. The summed E-state index contributed by atoms with van der Waals surface area (Å²) in [5.74, 6) is -2.78. The van der Waals surface area contributed by atoms with Crippen molar-refractivity contribution in [2.24, 2.45) is 5.92 Å². The molecule has 0 aliphatic heterocycles. The third kappa shape index (κ3) is 3.26. The summed E-state index contributed by atoms with van der Waals surface area (Å²) >= 11 is 0. The number of carbonyl (C=O) groups is 2. The van der Waals surface area contributed by atoms with Gasteiger partial charge in [0.15, 0.2) is 6.61 Å². The van der Waals surface area contributed by atoms with Gasteiger partial charge in [0.2, 0.25) is 0 Å². The number of amides is 1. The summed E-state index contributed by atoms with van der Waals surface area (Å²) in [5, 5.41) is 2.19. The van der Waals surface area contributed by atoms with E-state index in [0.29, 0.717) is 6.07 Å². The van der Waals surface area contributed by atoms with E-state index in [-0.39, 0.29) is 11.6 Å². The summed E-state index contributed by atoms with van der Waals surface area (Å²) in [6.45, 7) is -0.466. The Morgan fingerprint density at radius 3 is 2.67 bits per heavy atom. The zero-order valence-corrected chi connectivity index (χ0v) is 9.41. The van der Waals surface area contributed by atoms with Gasteiger partial charge in [-0.2, -0.15) is 0 Å². The van der Waals surface area contributed by atoms with Gasteiger partial charge in [0.1, 0.15) is 11.6 Å². The molecule has 1 saturated carbocycles. The predicted molar refractivity (Wildman–Crippen MR) is 58.7 cm³/mol. The number of halogens is 2. The number of carbonyl (C=O) groups excluding carboxylic acids is 2. The maximum atomic E-state index is 13.2. The third-order valence-electron chi connectivity index (χ3n) is 2.46. The van der Waals surface area contributed by atoms with Crippen molar-refractivity contribution in [1.82, 2.24) is 0 Å². The van der Waals surface area contributed by atoms with E-state index in [9.17, 15) is 18.4 Å². The first kappa shape index (κ1) is 12.5. The van der Waals surface area contributed by atoms with Crippen LogP contribution in [0.1, 0.15) is 12.8 Å². The first-order valence-electron chi connectivity index (χ1n) is 5.48. The van der Waals surface area contributed by atoms with Crippen LogP contribution in [-0.4, -0.2) is 18.5 Å². The number of nitrogens with one attached hydrogen (secondary N) is 1. The van der Waals surface area contributed by atoms with Crippen LogP contribution in [0.5, 0.6) is 0 Å². The minimum absolute atomic E-state index is 0.0969. The lowest BCUT2D eigenvalue weighted by molar-refractivity contribution is -0.148. The van der Waals surface area contributed by atoms with Crippen LogP contribution < -0.4 is 5.32 Å². The summed E-state index contributed by atoms with van der Waals surface area (Å²) in [6.07, 6.45) is 1.57. The Kier molecular flexibility index (Phi) is 3.55. The van der Waals surface area contributed by atoms with Crippen LogP contribution in [0.25, 0.3) is 0 Å². The van der Waals surface area contributed by atoms with Gasteiger partial charge in [-0.05, 0) is 25.0 Å². The van der Waals surface area contributed by atoms with Gasteiger partial charge in [-0.1, -0.05) is 0 Å². The molecule has 0 radical (unpaired) electrons. The second-order valence-electron chi connectivity index (χ2n) is 4.05. The topological polar surface area (TPSA) is 55.4 Å². The van der Waals surface area contributed by atoms with Crippen LogP contribution >= 0.6 is 0 Å². The van der Waals surface area contributed by atoms with Crippen LogP contribution in [0.3, 0.4) is 0 Å². The second kappa shape index (κ2) is 5.12. The summed E-state index contributed by atoms with van der Waals surface area (Å²) in [6, 6.07) is 2.78. The van der Waals surface area contributed by atoms with E-state index in [0.717, 1.165) is 25.0 Å². The number of ether oxygens (including phenoxy) is 1. The van der Waals surface area contributed by atoms with Gasteiger partial charge < -0.3 is 10.1 Å². The summed E-state index contributed by atoms with van der Waals surface area (Å²) < 4.78 is 30.5. The molecule has 0 atom stereocenters. The minimum Gasteiger partial charge on any atom is -0.455 e. The molecule has 0 unspecified atom stereocenters. The van der Waals surface area contributed by atoms with Gasteiger partial charge in [0.05, 0.1) is 11.6 Å². The van der Waals surface area contributed by atoms with E-state index in [4.69, 9.17) is 4.74 Å². The van der Waals surface area contributed by atoms with Crippen LogP contribution in [0.4, 0.5) is 14.5 Å². The summed E-state index contributed by atoms with van der Waals surface area (Å²) in [4.78, 5) is 22.5. The zero-order valence-electron chi connectivity index (χ0n) is 9.41. The van der Waals surface area contributed by atoms with Crippen LogP contribution in [0, 0.1) is 17.6 Å². The van der Waals surface area contributed by atoms with Gasteiger partial charge in [0.25, 0.3) is 5.91 Å². The van der Waals surface area contributed by atoms with Gasteiger partial charge in [-0.15, -0.1) is 0 Å². The fourth-order valence-electron chi connectivity index (χ4n) is 1.35. The van der Waals surface area contributed by atoms with E-state index < -0.39 is 30.1 Å². The number of anilines is 1. The van der Waals surface area contributed by atoms with Crippen molar-refractivity contribution in [3.8, 4) is 0 Å². The fourth-order valence-corrected chi connectivity index (χ4v) is 1.35. The molecule has 1 aliphatic rings. The highest BCUT2D eigenvalue weighted by atomic mass is 19.1. The minimum atomic E-state index is -0.878. The average molecular weight is 255 g/mol. The molecular formula is C12H11F2NO3. The zero-order chi connectivity index (χ0) is 13.1. The molecule has 18 heavy (non-hydrogen) atoms. The smallest absolute Gasteiger partial charge is 0.309 e. The van der Waals surface area contributed by atoms with E-state index in [2.05, 4.69) is 5.32 Å². The molecule has 1 aromatic carbocycles. The lowest BCUT2D eigenvalue weighted by Crippen LogP contribution is -2.22. The molecule has 1 fully saturated rings. The molecule has 1 aromatic rings. The van der Waals surface area contributed by atoms with Crippen molar-refractivity contribution in [1.29, 1.82) is 0 Å². The van der Waals surface area contributed by atoms with Gasteiger partial charge >= 0.3 is 5.97 Å². The van der Waals surface area contributed by atoms with E-state index in [1.165, 1.54) is 0 Å².